The molecule has 0 radical (unpaired) electrons. The number of fused-ring (bicyclic) bond motifs is 2. The number of anilines is 1. The molecule has 1 unspecified atom stereocenters. The molecular weight excluding hydrogens is 427 g/mol. The average Bonchev–Trinajstić information content (AvgIpc) is 2.91. The largest absolute Gasteiger partial charge is 0.366 e. The molecule has 2 aromatic carbocycles. The first-order valence-corrected chi connectivity index (χ1v) is 12.2. The second-order valence-electron chi connectivity index (χ2n) is 9.43. The molecule has 1 amide bonds. The Morgan fingerprint density at radius 3 is 2.48 bits per heavy atom. The Morgan fingerprint density at radius 2 is 1.81 bits per heavy atom. The van der Waals surface area contributed by atoms with E-state index in [4.69, 9.17) is 23.2 Å². The molecule has 31 heavy (non-hydrogen) atoms. The lowest BCUT2D eigenvalue weighted by molar-refractivity contribution is -0.118. The van der Waals surface area contributed by atoms with Crippen LogP contribution < -0.4 is 4.90 Å². The maximum atomic E-state index is 11.2. The van der Waals surface area contributed by atoms with E-state index in [1.165, 1.54) is 30.5 Å². The Labute approximate surface area is 196 Å². The standard InChI is InChI=1S/C21H22Cl2N2O.C5H10/c22-18-7-6-16(12-19(18)23)13-25-14-21(17-4-1-2-5-20(17)25)8-3-10-24(15-26)11-9-21;1-5-3-2-4-5/h1-2,4-7,12,15H,3,8-11,13-14H2;5H,2-4H2,1H3. The minimum Gasteiger partial charge on any atom is -0.366 e. The van der Waals surface area contributed by atoms with Crippen molar-refractivity contribution in [3.63, 3.8) is 0 Å². The number of carbonyl (C=O) groups is 1. The normalized spacial score (nSPS) is 22.9. The molecule has 1 saturated carbocycles. The molecular formula is C26H32Cl2N2O. The van der Waals surface area contributed by atoms with Crippen molar-refractivity contribution >= 4 is 35.3 Å². The molecule has 2 aromatic rings. The summed E-state index contributed by atoms with van der Waals surface area (Å²) in [4.78, 5) is 15.6. The van der Waals surface area contributed by atoms with Crippen molar-refractivity contribution in [2.45, 2.75) is 57.4 Å². The highest BCUT2D eigenvalue weighted by Gasteiger charge is 2.43. The van der Waals surface area contributed by atoms with Gasteiger partial charge in [-0.3, -0.25) is 4.79 Å². The molecule has 2 fully saturated rings. The summed E-state index contributed by atoms with van der Waals surface area (Å²) >= 11 is 12.3. The predicted molar refractivity (Wildman–Crippen MR) is 130 cm³/mol. The summed E-state index contributed by atoms with van der Waals surface area (Å²) in [5, 5.41) is 1.19. The van der Waals surface area contributed by atoms with Gasteiger partial charge in [-0.15, -0.1) is 0 Å². The van der Waals surface area contributed by atoms with Crippen LogP contribution in [0.4, 0.5) is 5.69 Å². The number of hydrogen-bond donors (Lipinski definition) is 0. The first kappa shape index (κ1) is 22.5. The number of likely N-dealkylation sites (tertiary alicyclic amines) is 1. The van der Waals surface area contributed by atoms with Gasteiger partial charge >= 0.3 is 0 Å². The molecule has 0 aromatic heterocycles. The number of hydrogen-bond acceptors (Lipinski definition) is 2. The lowest BCUT2D eigenvalue weighted by Crippen LogP contribution is -2.34. The first-order valence-electron chi connectivity index (χ1n) is 11.5. The highest BCUT2D eigenvalue weighted by molar-refractivity contribution is 6.42. The van der Waals surface area contributed by atoms with E-state index in [-0.39, 0.29) is 5.41 Å². The van der Waals surface area contributed by atoms with Crippen molar-refractivity contribution in [1.29, 1.82) is 0 Å². The summed E-state index contributed by atoms with van der Waals surface area (Å²) in [6.45, 7) is 5.80. The summed E-state index contributed by atoms with van der Waals surface area (Å²) in [7, 11) is 0. The maximum Gasteiger partial charge on any atom is 0.209 e. The Morgan fingerprint density at radius 1 is 1.03 bits per heavy atom. The van der Waals surface area contributed by atoms with Crippen LogP contribution >= 0.6 is 23.2 Å². The van der Waals surface area contributed by atoms with Crippen molar-refractivity contribution < 1.29 is 4.79 Å². The van der Waals surface area contributed by atoms with Crippen molar-refractivity contribution in [3.8, 4) is 0 Å². The van der Waals surface area contributed by atoms with Gasteiger partial charge < -0.3 is 9.80 Å². The Hall–Kier alpha value is -1.71. The minimum absolute atomic E-state index is 0.130. The maximum absolute atomic E-state index is 11.2. The zero-order valence-corrected chi connectivity index (χ0v) is 19.8. The van der Waals surface area contributed by atoms with Crippen molar-refractivity contribution in [2.24, 2.45) is 5.92 Å². The Kier molecular flexibility index (Phi) is 7.13. The van der Waals surface area contributed by atoms with E-state index in [1.807, 2.05) is 23.1 Å². The van der Waals surface area contributed by atoms with Gasteiger partial charge in [0.1, 0.15) is 0 Å². The first-order chi connectivity index (χ1) is 15.0. The fourth-order valence-electron chi connectivity index (χ4n) is 5.09. The van der Waals surface area contributed by atoms with E-state index >= 15 is 0 Å². The van der Waals surface area contributed by atoms with Gasteiger partial charge in [-0.05, 0) is 54.5 Å². The van der Waals surface area contributed by atoms with Crippen LogP contribution in [-0.2, 0) is 16.8 Å². The molecule has 1 spiro atoms. The van der Waals surface area contributed by atoms with Crippen molar-refractivity contribution in [3.05, 3.63) is 63.6 Å². The second-order valence-corrected chi connectivity index (χ2v) is 10.2. The van der Waals surface area contributed by atoms with Crippen LogP contribution in [0.5, 0.6) is 0 Å². The van der Waals surface area contributed by atoms with E-state index in [1.54, 1.807) is 0 Å². The van der Waals surface area contributed by atoms with Crippen molar-refractivity contribution in [2.75, 3.05) is 24.5 Å². The smallest absolute Gasteiger partial charge is 0.209 e. The lowest BCUT2D eigenvalue weighted by Gasteiger charge is -2.29. The molecule has 1 atom stereocenters. The molecule has 5 rings (SSSR count). The SMILES string of the molecule is CC1CCC1.O=CN1CCCC2(CC1)CN(Cc1ccc(Cl)c(Cl)c1)c1ccccc12. The van der Waals surface area contributed by atoms with Crippen LogP contribution in [0.2, 0.25) is 10.0 Å². The van der Waals surface area contributed by atoms with Crippen LogP contribution in [0.1, 0.15) is 56.6 Å². The molecule has 1 aliphatic carbocycles. The third-order valence-corrected chi connectivity index (χ3v) is 7.93. The van der Waals surface area contributed by atoms with Gasteiger partial charge in [0, 0.05) is 37.3 Å². The van der Waals surface area contributed by atoms with Gasteiger partial charge in [0.2, 0.25) is 6.41 Å². The zero-order chi connectivity index (χ0) is 21.8. The molecule has 0 bridgehead atoms. The number of carbonyl (C=O) groups excluding carboxylic acids is 1. The summed E-state index contributed by atoms with van der Waals surface area (Å²) in [6, 6.07) is 14.6. The minimum atomic E-state index is 0.130. The Balaban J connectivity index is 0.000000407. The summed E-state index contributed by atoms with van der Waals surface area (Å²) < 4.78 is 0. The van der Waals surface area contributed by atoms with E-state index in [2.05, 4.69) is 36.1 Å². The number of para-hydroxylation sites is 1. The van der Waals surface area contributed by atoms with Crippen LogP contribution in [-0.4, -0.2) is 30.9 Å². The van der Waals surface area contributed by atoms with E-state index < -0.39 is 0 Å². The number of benzene rings is 2. The second kappa shape index (κ2) is 9.83. The zero-order valence-electron chi connectivity index (χ0n) is 18.3. The topological polar surface area (TPSA) is 23.6 Å². The van der Waals surface area contributed by atoms with Gasteiger partial charge in [0.15, 0.2) is 0 Å². The number of amides is 1. The van der Waals surface area contributed by atoms with E-state index in [0.717, 1.165) is 63.3 Å². The van der Waals surface area contributed by atoms with Gasteiger partial charge in [0.25, 0.3) is 0 Å². The van der Waals surface area contributed by atoms with Crippen LogP contribution in [0.15, 0.2) is 42.5 Å². The molecule has 2 heterocycles. The van der Waals surface area contributed by atoms with Crippen molar-refractivity contribution in [1.82, 2.24) is 4.90 Å². The summed E-state index contributed by atoms with van der Waals surface area (Å²) in [5.74, 6) is 1.06. The fourth-order valence-corrected chi connectivity index (χ4v) is 5.41. The third-order valence-electron chi connectivity index (χ3n) is 7.19. The lowest BCUT2D eigenvalue weighted by atomic mass is 9.76. The van der Waals surface area contributed by atoms with E-state index in [0.29, 0.717) is 10.0 Å². The highest BCUT2D eigenvalue weighted by Crippen LogP contribution is 2.47. The summed E-state index contributed by atoms with van der Waals surface area (Å²) in [5.41, 5.74) is 4.02. The van der Waals surface area contributed by atoms with E-state index in [9.17, 15) is 4.79 Å². The summed E-state index contributed by atoms with van der Waals surface area (Å²) in [6.07, 6.45) is 8.63. The van der Waals surface area contributed by atoms with Gasteiger partial charge in [-0.1, -0.05) is 73.7 Å². The highest BCUT2D eigenvalue weighted by atomic mass is 35.5. The average molecular weight is 459 g/mol. The quantitative estimate of drug-likeness (QED) is 0.477. The third kappa shape index (κ3) is 5.04. The molecule has 3 nitrogen and oxygen atoms in total. The van der Waals surface area contributed by atoms with Crippen LogP contribution in [0.25, 0.3) is 0 Å². The Bertz CT molecular complexity index is 914. The predicted octanol–water partition coefficient (Wildman–Crippen LogP) is 6.70. The molecule has 5 heteroatoms. The molecule has 166 valence electrons. The monoisotopic (exact) mass is 458 g/mol. The van der Waals surface area contributed by atoms with Gasteiger partial charge in [0.05, 0.1) is 10.0 Å². The fraction of sp³-hybridized carbons (Fsp3) is 0.500. The number of nitrogens with zero attached hydrogens (tertiary/aromatic N) is 2. The molecule has 1 saturated heterocycles. The van der Waals surface area contributed by atoms with Gasteiger partial charge in [-0.2, -0.15) is 0 Å². The number of halogens is 2. The van der Waals surface area contributed by atoms with Crippen LogP contribution in [0, 0.1) is 5.92 Å². The molecule has 0 N–H and O–H groups in total. The molecule has 2 aliphatic heterocycles. The van der Waals surface area contributed by atoms with Crippen LogP contribution in [0.3, 0.4) is 0 Å². The molecule has 3 aliphatic rings. The van der Waals surface area contributed by atoms with Gasteiger partial charge in [-0.25, -0.2) is 0 Å². The number of rotatable bonds is 3.